The van der Waals surface area contributed by atoms with E-state index in [4.69, 9.17) is 5.11 Å². The van der Waals surface area contributed by atoms with Crippen molar-refractivity contribution in [3.8, 4) is 0 Å². The second-order valence-corrected chi connectivity index (χ2v) is 4.60. The largest absolute Gasteiger partial charge is 0.480 e. The third kappa shape index (κ3) is 5.00. The van der Waals surface area contributed by atoms with E-state index in [0.29, 0.717) is 6.54 Å². The Morgan fingerprint density at radius 3 is 2.29 bits per heavy atom. The normalized spacial score (nSPS) is 10.8. The number of benzene rings is 1. The highest BCUT2D eigenvalue weighted by molar-refractivity contribution is 5.69. The monoisotopic (exact) mass is 235 g/mol. The summed E-state index contributed by atoms with van der Waals surface area (Å²) in [6, 6.07) is 6.37. The van der Waals surface area contributed by atoms with Crippen LogP contribution in [-0.2, 0) is 11.3 Å². The zero-order chi connectivity index (χ0) is 12.8. The van der Waals surface area contributed by atoms with E-state index in [0.717, 1.165) is 13.0 Å². The van der Waals surface area contributed by atoms with Gasteiger partial charge in [-0.15, -0.1) is 0 Å². The highest BCUT2D eigenvalue weighted by Gasteiger charge is 2.09. The summed E-state index contributed by atoms with van der Waals surface area (Å²) >= 11 is 0. The molecule has 0 unspecified atom stereocenters. The zero-order valence-corrected chi connectivity index (χ0v) is 10.9. The summed E-state index contributed by atoms with van der Waals surface area (Å²) in [5.74, 6) is -0.761. The molecule has 0 atom stereocenters. The van der Waals surface area contributed by atoms with Gasteiger partial charge in [0.1, 0.15) is 0 Å². The molecule has 3 nitrogen and oxygen atoms in total. The Morgan fingerprint density at radius 2 is 1.82 bits per heavy atom. The summed E-state index contributed by atoms with van der Waals surface area (Å²) in [6.07, 6.45) is 0.970. The van der Waals surface area contributed by atoms with Gasteiger partial charge in [-0.1, -0.05) is 36.2 Å². The molecule has 0 heterocycles. The molecule has 3 heteroatoms. The molecule has 1 rings (SSSR count). The maximum Gasteiger partial charge on any atom is 0.317 e. The van der Waals surface area contributed by atoms with Gasteiger partial charge in [0, 0.05) is 6.54 Å². The number of aliphatic carboxylic acids is 1. The number of carbonyl (C=O) groups is 1. The zero-order valence-electron chi connectivity index (χ0n) is 10.9. The van der Waals surface area contributed by atoms with Gasteiger partial charge in [-0.05, 0) is 32.4 Å². The molecule has 1 aromatic rings. The van der Waals surface area contributed by atoms with Crippen molar-refractivity contribution in [2.75, 3.05) is 13.1 Å². The molecule has 1 aromatic carbocycles. The topological polar surface area (TPSA) is 40.5 Å². The van der Waals surface area contributed by atoms with E-state index >= 15 is 0 Å². The molecule has 0 aromatic heterocycles. The van der Waals surface area contributed by atoms with E-state index in [9.17, 15) is 4.79 Å². The van der Waals surface area contributed by atoms with E-state index in [-0.39, 0.29) is 6.54 Å². The standard InChI is InChI=1S/C14H21NO2/c1-4-5-15(10-14(16)17)9-13-7-11(2)6-12(3)8-13/h6-8H,4-5,9-10H2,1-3H3,(H,16,17). The van der Waals surface area contributed by atoms with Crippen LogP contribution in [0.25, 0.3) is 0 Å². The molecule has 0 bridgehead atoms. The summed E-state index contributed by atoms with van der Waals surface area (Å²) in [5, 5.41) is 8.86. The van der Waals surface area contributed by atoms with Crippen molar-refractivity contribution >= 4 is 5.97 Å². The maximum absolute atomic E-state index is 10.8. The fraction of sp³-hybridized carbons (Fsp3) is 0.500. The van der Waals surface area contributed by atoms with Crippen molar-refractivity contribution < 1.29 is 9.90 Å². The van der Waals surface area contributed by atoms with Crippen LogP contribution in [0, 0.1) is 13.8 Å². The van der Waals surface area contributed by atoms with Crippen LogP contribution in [0.1, 0.15) is 30.0 Å². The van der Waals surface area contributed by atoms with Gasteiger partial charge in [0.05, 0.1) is 6.54 Å². The SMILES string of the molecule is CCCN(CC(=O)O)Cc1cc(C)cc(C)c1. The summed E-state index contributed by atoms with van der Waals surface area (Å²) in [5.41, 5.74) is 3.65. The predicted molar refractivity (Wildman–Crippen MR) is 69.1 cm³/mol. The molecular formula is C14H21NO2. The minimum absolute atomic E-state index is 0.112. The van der Waals surface area contributed by atoms with Gasteiger partial charge in [0.2, 0.25) is 0 Å². The summed E-state index contributed by atoms with van der Waals surface area (Å²) in [7, 11) is 0. The first-order valence-electron chi connectivity index (χ1n) is 6.02. The molecule has 0 aliphatic rings. The van der Waals surface area contributed by atoms with Crippen molar-refractivity contribution in [1.29, 1.82) is 0 Å². The number of aryl methyl sites for hydroxylation is 2. The lowest BCUT2D eigenvalue weighted by atomic mass is 10.1. The summed E-state index contributed by atoms with van der Waals surface area (Å²) in [6.45, 7) is 7.84. The van der Waals surface area contributed by atoms with Crippen LogP contribution in [0.4, 0.5) is 0 Å². The lowest BCUT2D eigenvalue weighted by Crippen LogP contribution is -2.30. The van der Waals surface area contributed by atoms with Crippen LogP contribution < -0.4 is 0 Å². The summed E-state index contributed by atoms with van der Waals surface area (Å²) < 4.78 is 0. The Hall–Kier alpha value is -1.35. The average molecular weight is 235 g/mol. The van der Waals surface area contributed by atoms with Gasteiger partial charge in [0.25, 0.3) is 0 Å². The van der Waals surface area contributed by atoms with Gasteiger partial charge < -0.3 is 5.11 Å². The van der Waals surface area contributed by atoms with Crippen molar-refractivity contribution in [3.05, 3.63) is 34.9 Å². The molecule has 0 spiro atoms. The number of rotatable bonds is 6. The quantitative estimate of drug-likeness (QED) is 0.824. The van der Waals surface area contributed by atoms with Gasteiger partial charge in [-0.25, -0.2) is 0 Å². The fourth-order valence-corrected chi connectivity index (χ4v) is 2.14. The van der Waals surface area contributed by atoms with Crippen LogP contribution >= 0.6 is 0 Å². The van der Waals surface area contributed by atoms with Crippen molar-refractivity contribution in [2.24, 2.45) is 0 Å². The lowest BCUT2D eigenvalue weighted by molar-refractivity contribution is -0.138. The Morgan fingerprint density at radius 1 is 1.24 bits per heavy atom. The number of carboxylic acids is 1. The first-order chi connectivity index (χ1) is 8.01. The molecule has 0 aliphatic heterocycles. The minimum Gasteiger partial charge on any atom is -0.480 e. The molecule has 0 saturated heterocycles. The Balaban J connectivity index is 2.74. The lowest BCUT2D eigenvalue weighted by Gasteiger charge is -2.20. The smallest absolute Gasteiger partial charge is 0.317 e. The minimum atomic E-state index is -0.761. The highest BCUT2D eigenvalue weighted by atomic mass is 16.4. The van der Waals surface area contributed by atoms with Crippen LogP contribution in [0.3, 0.4) is 0 Å². The third-order valence-corrected chi connectivity index (χ3v) is 2.59. The van der Waals surface area contributed by atoms with Crippen LogP contribution in [0.5, 0.6) is 0 Å². The van der Waals surface area contributed by atoms with Crippen LogP contribution in [-0.4, -0.2) is 29.1 Å². The Labute approximate surface area is 103 Å². The number of carboxylic acid groups (broad SMARTS) is 1. The molecule has 0 saturated carbocycles. The first-order valence-corrected chi connectivity index (χ1v) is 6.02. The average Bonchev–Trinajstić information content (AvgIpc) is 2.14. The van der Waals surface area contributed by atoms with Gasteiger partial charge in [-0.3, -0.25) is 9.69 Å². The second-order valence-electron chi connectivity index (χ2n) is 4.60. The van der Waals surface area contributed by atoms with Crippen LogP contribution in [0.15, 0.2) is 18.2 Å². The predicted octanol–water partition coefficient (Wildman–Crippen LogP) is 2.60. The molecule has 0 radical (unpaired) electrons. The van der Waals surface area contributed by atoms with E-state index in [1.54, 1.807) is 0 Å². The van der Waals surface area contributed by atoms with Gasteiger partial charge in [-0.2, -0.15) is 0 Å². The number of hydrogen-bond donors (Lipinski definition) is 1. The second kappa shape index (κ2) is 6.40. The first kappa shape index (κ1) is 13.7. The molecule has 94 valence electrons. The third-order valence-electron chi connectivity index (χ3n) is 2.59. The van der Waals surface area contributed by atoms with Gasteiger partial charge >= 0.3 is 5.97 Å². The highest BCUT2D eigenvalue weighted by Crippen LogP contribution is 2.11. The van der Waals surface area contributed by atoms with Crippen molar-refractivity contribution in [1.82, 2.24) is 4.90 Å². The molecular weight excluding hydrogens is 214 g/mol. The van der Waals surface area contributed by atoms with E-state index in [1.807, 2.05) is 4.90 Å². The number of nitrogens with zero attached hydrogens (tertiary/aromatic N) is 1. The summed E-state index contributed by atoms with van der Waals surface area (Å²) in [4.78, 5) is 12.7. The van der Waals surface area contributed by atoms with Gasteiger partial charge in [0.15, 0.2) is 0 Å². The molecule has 0 aliphatic carbocycles. The number of hydrogen-bond acceptors (Lipinski definition) is 2. The maximum atomic E-state index is 10.8. The van der Waals surface area contributed by atoms with E-state index < -0.39 is 5.97 Å². The van der Waals surface area contributed by atoms with E-state index in [2.05, 4.69) is 39.0 Å². The molecule has 1 N–H and O–H groups in total. The Bertz CT molecular complexity index is 368. The van der Waals surface area contributed by atoms with Crippen LogP contribution in [0.2, 0.25) is 0 Å². The Kier molecular flexibility index (Phi) is 5.16. The van der Waals surface area contributed by atoms with Crippen molar-refractivity contribution in [3.63, 3.8) is 0 Å². The van der Waals surface area contributed by atoms with Crippen molar-refractivity contribution in [2.45, 2.75) is 33.7 Å². The molecule has 0 fully saturated rings. The molecule has 17 heavy (non-hydrogen) atoms. The molecule has 0 amide bonds. The fourth-order valence-electron chi connectivity index (χ4n) is 2.14. The van der Waals surface area contributed by atoms with E-state index in [1.165, 1.54) is 16.7 Å².